The molecule has 0 amide bonds. The van der Waals surface area contributed by atoms with Crippen molar-refractivity contribution in [3.63, 3.8) is 0 Å². The van der Waals surface area contributed by atoms with E-state index in [1.165, 1.54) is 7.11 Å². The molecule has 0 aromatic rings. The van der Waals surface area contributed by atoms with Gasteiger partial charge in [0.2, 0.25) is 0 Å². The molecule has 0 aliphatic rings. The van der Waals surface area contributed by atoms with Crippen LogP contribution in [0.5, 0.6) is 0 Å². The molecule has 0 unspecified atom stereocenters. The normalized spacial score (nSPS) is 14.3. The molecule has 0 aromatic heterocycles. The summed E-state index contributed by atoms with van der Waals surface area (Å²) < 4.78 is 4.84. The van der Waals surface area contributed by atoms with Gasteiger partial charge in [0.05, 0.1) is 35.5 Å². The minimum atomic E-state index is -0.557. The Hall–Kier alpha value is -1.67. The van der Waals surface area contributed by atoms with Crippen LogP contribution in [0.4, 0.5) is 0 Å². The van der Waals surface area contributed by atoms with Gasteiger partial charge in [0, 0.05) is 13.1 Å². The summed E-state index contributed by atoms with van der Waals surface area (Å²) in [6.07, 6.45) is 0. The molecule has 0 atom stereocenters. The van der Waals surface area contributed by atoms with Gasteiger partial charge in [0.1, 0.15) is 0 Å². The molecule has 0 radical (unpaired) electrons. The fraction of sp³-hybridized carbons (Fsp3) is 0.800. The van der Waals surface area contributed by atoms with E-state index in [0.717, 1.165) is 0 Å². The second-order valence-electron chi connectivity index (χ2n) is 6.60. The third-order valence-corrected chi connectivity index (χ3v) is 4.22. The lowest BCUT2D eigenvalue weighted by atomic mass is 9.96. The number of hydrogen-bond donors (Lipinski definition) is 4. The van der Waals surface area contributed by atoms with E-state index in [0.29, 0.717) is 24.5 Å². The van der Waals surface area contributed by atoms with Crippen molar-refractivity contribution in [1.29, 1.82) is 0 Å². The Balaban J connectivity index is 4.90. The van der Waals surface area contributed by atoms with E-state index in [1.54, 1.807) is 13.8 Å². The Morgan fingerprint density at radius 3 is 1.61 bits per heavy atom. The molecule has 0 aromatic carbocycles. The van der Waals surface area contributed by atoms with E-state index in [2.05, 4.69) is 20.9 Å². The molecule has 0 aliphatic carbocycles. The van der Waals surface area contributed by atoms with Crippen LogP contribution in [-0.4, -0.2) is 59.1 Å². The lowest BCUT2D eigenvalue weighted by Crippen LogP contribution is -2.53. The first-order valence-corrected chi connectivity index (χ1v) is 7.48. The quantitative estimate of drug-likeness (QED) is 0.219. The first kappa shape index (κ1) is 21.3. The summed E-state index contributed by atoms with van der Waals surface area (Å²) in [5.74, 6) is -0.801. The van der Waals surface area contributed by atoms with E-state index < -0.39 is 17.0 Å². The molecule has 8 heteroatoms. The van der Waals surface area contributed by atoms with Gasteiger partial charge in [0.15, 0.2) is 0 Å². The average Bonchev–Trinajstić information content (AvgIpc) is 2.52. The highest BCUT2D eigenvalue weighted by molar-refractivity contribution is 5.90. The van der Waals surface area contributed by atoms with Crippen LogP contribution in [-0.2, 0) is 9.53 Å². The number of methoxy groups -OCH3 is 1. The van der Waals surface area contributed by atoms with Crippen molar-refractivity contribution < 1.29 is 19.9 Å². The van der Waals surface area contributed by atoms with Gasteiger partial charge in [0.25, 0.3) is 0 Å². The summed E-state index contributed by atoms with van der Waals surface area (Å²) in [4.78, 5) is 12.0. The van der Waals surface area contributed by atoms with E-state index in [4.69, 9.17) is 15.2 Å². The fourth-order valence-electron chi connectivity index (χ4n) is 1.67. The van der Waals surface area contributed by atoms with Gasteiger partial charge in [-0.05, 0) is 41.5 Å². The number of oxime groups is 2. The first-order valence-electron chi connectivity index (χ1n) is 7.48. The average molecular weight is 330 g/mol. The van der Waals surface area contributed by atoms with E-state index >= 15 is 0 Å². The molecule has 23 heavy (non-hydrogen) atoms. The van der Waals surface area contributed by atoms with E-state index in [9.17, 15) is 4.79 Å². The predicted molar refractivity (Wildman–Crippen MR) is 89.5 cm³/mol. The van der Waals surface area contributed by atoms with Crippen molar-refractivity contribution in [2.24, 2.45) is 16.2 Å². The monoisotopic (exact) mass is 330 g/mol. The second-order valence-corrected chi connectivity index (χ2v) is 6.60. The van der Waals surface area contributed by atoms with Crippen LogP contribution in [0.3, 0.4) is 0 Å². The lowest BCUT2D eigenvalue weighted by molar-refractivity contribution is -0.145. The largest absolute Gasteiger partial charge is 0.469 e. The van der Waals surface area contributed by atoms with Crippen molar-refractivity contribution in [1.82, 2.24) is 10.6 Å². The summed E-state index contributed by atoms with van der Waals surface area (Å²) >= 11 is 0. The zero-order valence-electron chi connectivity index (χ0n) is 15.1. The van der Waals surface area contributed by atoms with Crippen molar-refractivity contribution in [2.45, 2.75) is 52.6 Å². The molecular weight excluding hydrogens is 300 g/mol. The second kappa shape index (κ2) is 8.83. The van der Waals surface area contributed by atoms with E-state index in [-0.39, 0.29) is 5.97 Å². The van der Waals surface area contributed by atoms with Crippen LogP contribution in [0, 0.1) is 5.92 Å². The molecule has 0 rings (SSSR count). The smallest absolute Gasteiger partial charge is 0.311 e. The standard InChI is InChI=1S/C15H30N4O4/c1-10(18-21)14(3,4)16-8-12(13(20)23-7)9-17-15(5,6)11(2)19-22/h12,16-17,21-22H,8-9H2,1-7H3/b18-10+,19-11+. The molecule has 0 fully saturated rings. The molecule has 0 spiro atoms. The van der Waals surface area contributed by atoms with Crippen LogP contribution in [0.15, 0.2) is 10.3 Å². The van der Waals surface area contributed by atoms with Gasteiger partial charge in [-0.3, -0.25) is 4.79 Å². The molecule has 8 nitrogen and oxygen atoms in total. The molecule has 4 N–H and O–H groups in total. The zero-order valence-corrected chi connectivity index (χ0v) is 15.1. The Morgan fingerprint density at radius 1 is 1.00 bits per heavy atom. The van der Waals surface area contributed by atoms with Crippen LogP contribution < -0.4 is 10.6 Å². The summed E-state index contributed by atoms with van der Waals surface area (Å²) in [6.45, 7) is 11.5. The molecule has 0 heterocycles. The van der Waals surface area contributed by atoms with Crippen LogP contribution in [0.25, 0.3) is 0 Å². The molecular formula is C15H30N4O4. The number of carbonyl (C=O) groups excluding carboxylic acids is 1. The van der Waals surface area contributed by atoms with Gasteiger partial charge in [-0.25, -0.2) is 0 Å². The topological polar surface area (TPSA) is 116 Å². The molecule has 0 aliphatic heterocycles. The molecule has 0 bridgehead atoms. The Morgan fingerprint density at radius 2 is 1.35 bits per heavy atom. The number of nitrogens with zero attached hydrogens (tertiary/aromatic N) is 2. The Labute approximate surface area is 138 Å². The number of ether oxygens (including phenoxy) is 1. The molecule has 0 saturated heterocycles. The number of esters is 1. The van der Waals surface area contributed by atoms with Crippen molar-refractivity contribution >= 4 is 17.4 Å². The highest BCUT2D eigenvalue weighted by Gasteiger charge is 2.29. The summed E-state index contributed by atoms with van der Waals surface area (Å²) in [5, 5.41) is 30.6. The van der Waals surface area contributed by atoms with Gasteiger partial charge < -0.3 is 25.8 Å². The van der Waals surface area contributed by atoms with Crippen molar-refractivity contribution in [2.75, 3.05) is 20.2 Å². The predicted octanol–water partition coefficient (Wildman–Crippen LogP) is 1.21. The number of carbonyl (C=O) groups is 1. The maximum Gasteiger partial charge on any atom is 0.311 e. The van der Waals surface area contributed by atoms with Gasteiger partial charge >= 0.3 is 5.97 Å². The minimum absolute atomic E-state index is 0.338. The van der Waals surface area contributed by atoms with E-state index in [1.807, 2.05) is 27.7 Å². The van der Waals surface area contributed by atoms with Gasteiger partial charge in [-0.1, -0.05) is 10.3 Å². The van der Waals surface area contributed by atoms with Crippen LogP contribution in [0.2, 0.25) is 0 Å². The van der Waals surface area contributed by atoms with Crippen molar-refractivity contribution in [3.8, 4) is 0 Å². The Bertz CT molecular complexity index is 424. The third kappa shape index (κ3) is 6.54. The van der Waals surface area contributed by atoms with Gasteiger partial charge in [-0.2, -0.15) is 0 Å². The zero-order chi connectivity index (χ0) is 18.3. The fourth-order valence-corrected chi connectivity index (χ4v) is 1.67. The number of rotatable bonds is 9. The van der Waals surface area contributed by atoms with Crippen LogP contribution >= 0.6 is 0 Å². The molecule has 0 saturated carbocycles. The summed E-state index contributed by atoms with van der Waals surface area (Å²) in [6, 6.07) is 0. The summed E-state index contributed by atoms with van der Waals surface area (Å²) in [5.41, 5.74) is -0.0896. The third-order valence-electron chi connectivity index (χ3n) is 4.22. The Kier molecular flexibility index (Phi) is 8.19. The maximum atomic E-state index is 12.0. The number of hydrogen-bond acceptors (Lipinski definition) is 8. The van der Waals surface area contributed by atoms with Crippen LogP contribution in [0.1, 0.15) is 41.5 Å². The highest BCUT2D eigenvalue weighted by atomic mass is 16.5. The first-order chi connectivity index (χ1) is 10.5. The maximum absolute atomic E-state index is 12.0. The summed E-state index contributed by atoms with van der Waals surface area (Å²) in [7, 11) is 1.34. The highest BCUT2D eigenvalue weighted by Crippen LogP contribution is 2.10. The minimum Gasteiger partial charge on any atom is -0.469 e. The van der Waals surface area contributed by atoms with Gasteiger partial charge in [-0.15, -0.1) is 0 Å². The van der Waals surface area contributed by atoms with Crippen molar-refractivity contribution in [3.05, 3.63) is 0 Å². The lowest BCUT2D eigenvalue weighted by Gasteiger charge is -2.30. The number of nitrogens with one attached hydrogen (secondary N) is 2. The SMILES string of the molecule is COC(=O)C(CNC(C)(C)/C(C)=N/O)CNC(C)(C)/C(C)=N/O. The molecule has 134 valence electrons.